The first-order valence-corrected chi connectivity index (χ1v) is 10.9. The number of esters is 1. The minimum atomic E-state index is -0.939. The van der Waals surface area contributed by atoms with E-state index in [1.807, 2.05) is 24.3 Å². The van der Waals surface area contributed by atoms with E-state index in [9.17, 15) is 9.59 Å². The number of carboxylic acids is 1. The van der Waals surface area contributed by atoms with Crippen LogP contribution in [0.1, 0.15) is 49.4 Å². The summed E-state index contributed by atoms with van der Waals surface area (Å²) in [5.74, 6) is -0.584. The predicted octanol–water partition coefficient (Wildman–Crippen LogP) is 5.86. The van der Waals surface area contributed by atoms with E-state index < -0.39 is 5.97 Å². The number of aromatic carboxylic acids is 1. The minimum Gasteiger partial charge on any atom is -0.494 e. The van der Waals surface area contributed by atoms with E-state index >= 15 is 0 Å². The van der Waals surface area contributed by atoms with Gasteiger partial charge in [-0.05, 0) is 68.3 Å². The lowest BCUT2D eigenvalue weighted by Gasteiger charge is -2.07. The number of anilines is 1. The largest absolute Gasteiger partial charge is 0.494 e. The van der Waals surface area contributed by atoms with E-state index in [4.69, 9.17) is 20.3 Å². The van der Waals surface area contributed by atoms with E-state index in [1.165, 1.54) is 12.1 Å². The van der Waals surface area contributed by atoms with Gasteiger partial charge in [-0.3, -0.25) is 0 Å². The van der Waals surface area contributed by atoms with Crippen molar-refractivity contribution in [1.82, 2.24) is 0 Å². The highest BCUT2D eigenvalue weighted by molar-refractivity contribution is 9.10. The zero-order chi connectivity index (χ0) is 23.1. The molecule has 7 heteroatoms. The van der Waals surface area contributed by atoms with E-state index in [0.717, 1.165) is 42.3 Å². The van der Waals surface area contributed by atoms with Crippen LogP contribution in [-0.4, -0.2) is 30.3 Å². The fraction of sp³-hybridized carbons (Fsp3) is 0.333. The molecule has 0 unspecified atom stereocenters. The number of nitrogen functional groups attached to an aromatic ring is 1. The number of carbonyl (C=O) groups is 2. The zero-order valence-electron chi connectivity index (χ0n) is 17.8. The third-order valence-corrected chi connectivity index (χ3v) is 4.64. The molecule has 0 spiro atoms. The summed E-state index contributed by atoms with van der Waals surface area (Å²) in [5.41, 5.74) is 6.89. The second kappa shape index (κ2) is 15.1. The molecule has 0 bridgehead atoms. The van der Waals surface area contributed by atoms with Crippen molar-refractivity contribution in [3.63, 3.8) is 0 Å². The lowest BCUT2D eigenvalue weighted by molar-refractivity contribution is -0.139. The molecule has 168 valence electrons. The van der Waals surface area contributed by atoms with Crippen LogP contribution >= 0.6 is 15.9 Å². The van der Waals surface area contributed by atoms with Gasteiger partial charge in [0, 0.05) is 15.7 Å². The molecule has 0 aliphatic carbocycles. The summed E-state index contributed by atoms with van der Waals surface area (Å²) < 4.78 is 11.6. The molecule has 6 nitrogen and oxygen atoms in total. The normalized spacial score (nSPS) is 9.87. The molecule has 0 radical (unpaired) electrons. The van der Waals surface area contributed by atoms with Gasteiger partial charge in [-0.1, -0.05) is 41.8 Å². The fourth-order valence-electron chi connectivity index (χ4n) is 2.37. The van der Waals surface area contributed by atoms with Gasteiger partial charge in [-0.2, -0.15) is 0 Å². The van der Waals surface area contributed by atoms with Gasteiger partial charge in [-0.15, -0.1) is 0 Å². The van der Waals surface area contributed by atoms with Crippen molar-refractivity contribution in [1.29, 1.82) is 0 Å². The summed E-state index contributed by atoms with van der Waals surface area (Å²) in [6, 6.07) is 13.9. The fourth-order valence-corrected chi connectivity index (χ4v) is 2.63. The summed E-state index contributed by atoms with van der Waals surface area (Å²) in [6.07, 6.45) is 4.91. The van der Waals surface area contributed by atoms with Gasteiger partial charge in [0.25, 0.3) is 0 Å². The number of benzene rings is 2. The molecule has 0 amide bonds. The highest BCUT2D eigenvalue weighted by atomic mass is 79.9. The lowest BCUT2D eigenvalue weighted by atomic mass is 10.1. The number of carboxylic acid groups (broad SMARTS) is 1. The van der Waals surface area contributed by atoms with Crippen LogP contribution in [0.25, 0.3) is 0 Å². The van der Waals surface area contributed by atoms with Crippen molar-refractivity contribution in [2.24, 2.45) is 0 Å². The first kappa shape index (κ1) is 26.2. The number of rotatable bonds is 11. The van der Waals surface area contributed by atoms with Crippen molar-refractivity contribution in [2.45, 2.75) is 39.0 Å². The molecule has 2 rings (SSSR count). The van der Waals surface area contributed by atoms with Crippen molar-refractivity contribution >= 4 is 33.6 Å². The van der Waals surface area contributed by atoms with Crippen LogP contribution in [0.2, 0.25) is 0 Å². The van der Waals surface area contributed by atoms with E-state index in [1.54, 1.807) is 19.1 Å². The Hall–Kier alpha value is -2.80. The van der Waals surface area contributed by atoms with Gasteiger partial charge in [0.05, 0.1) is 18.8 Å². The Morgan fingerprint density at radius 2 is 1.48 bits per heavy atom. The highest BCUT2D eigenvalue weighted by Crippen LogP contribution is 2.13. The SMILES string of the molecule is C=C(C)C(=O)OCCCCCCCOc1ccc(C(=O)O)cc1.Nc1ccc(Br)cc1. The molecule has 0 aliphatic heterocycles. The first-order valence-electron chi connectivity index (χ1n) is 10.1. The second-order valence-electron chi connectivity index (χ2n) is 6.91. The molecule has 0 heterocycles. The number of unbranched alkanes of at least 4 members (excludes halogenated alkanes) is 4. The maximum absolute atomic E-state index is 11.1. The van der Waals surface area contributed by atoms with Crippen LogP contribution in [-0.2, 0) is 9.53 Å². The second-order valence-corrected chi connectivity index (χ2v) is 7.83. The summed E-state index contributed by atoms with van der Waals surface area (Å²) in [5, 5.41) is 8.80. The molecule has 0 saturated heterocycles. The molecule has 0 aliphatic rings. The molecule has 31 heavy (non-hydrogen) atoms. The Bertz CT molecular complexity index is 798. The number of halogens is 1. The Morgan fingerprint density at radius 3 is 2.00 bits per heavy atom. The number of ether oxygens (including phenoxy) is 2. The topological polar surface area (TPSA) is 98.8 Å². The molecule has 2 aromatic carbocycles. The number of carbonyl (C=O) groups excluding carboxylic acids is 1. The molecular weight excluding hydrogens is 462 g/mol. The molecule has 0 aromatic heterocycles. The quantitative estimate of drug-likeness (QED) is 0.176. The number of hydrogen-bond donors (Lipinski definition) is 2. The zero-order valence-corrected chi connectivity index (χ0v) is 19.4. The summed E-state index contributed by atoms with van der Waals surface area (Å²) in [6.45, 7) is 6.21. The van der Waals surface area contributed by atoms with Crippen molar-refractivity contribution in [3.05, 3.63) is 70.7 Å². The Balaban J connectivity index is 0.000000500. The Labute approximate surface area is 192 Å². The van der Waals surface area contributed by atoms with Gasteiger partial charge in [-0.25, -0.2) is 9.59 Å². The lowest BCUT2D eigenvalue weighted by Crippen LogP contribution is -2.06. The van der Waals surface area contributed by atoms with Gasteiger partial charge in [0.2, 0.25) is 0 Å². The van der Waals surface area contributed by atoms with Crippen molar-refractivity contribution < 1.29 is 24.2 Å². The van der Waals surface area contributed by atoms with Gasteiger partial charge >= 0.3 is 11.9 Å². The molecular formula is C24H30BrNO5. The Kier molecular flexibility index (Phi) is 12.8. The average Bonchev–Trinajstić information content (AvgIpc) is 2.75. The van der Waals surface area contributed by atoms with Gasteiger partial charge in [0.15, 0.2) is 0 Å². The molecule has 0 atom stereocenters. The minimum absolute atomic E-state index is 0.254. The monoisotopic (exact) mass is 491 g/mol. The summed E-state index contributed by atoms with van der Waals surface area (Å²) in [7, 11) is 0. The summed E-state index contributed by atoms with van der Waals surface area (Å²) in [4.78, 5) is 21.9. The van der Waals surface area contributed by atoms with Crippen LogP contribution in [0.4, 0.5) is 5.69 Å². The molecule has 0 saturated carbocycles. The van der Waals surface area contributed by atoms with Crippen LogP contribution in [0, 0.1) is 0 Å². The standard InChI is InChI=1S/C18H24O5.C6H6BrN/c1-14(2)18(21)23-13-7-5-3-4-6-12-22-16-10-8-15(9-11-16)17(19)20;7-5-1-3-6(8)4-2-5/h8-11H,1,3-7,12-13H2,2H3,(H,19,20);1-4H,8H2. The summed E-state index contributed by atoms with van der Waals surface area (Å²) >= 11 is 3.29. The smallest absolute Gasteiger partial charge is 0.335 e. The first-order chi connectivity index (χ1) is 14.8. The van der Waals surface area contributed by atoms with E-state index in [0.29, 0.717) is 24.5 Å². The predicted molar refractivity (Wildman–Crippen MR) is 126 cm³/mol. The van der Waals surface area contributed by atoms with Crippen LogP contribution < -0.4 is 10.5 Å². The molecule has 2 aromatic rings. The van der Waals surface area contributed by atoms with Gasteiger partial charge < -0.3 is 20.3 Å². The van der Waals surface area contributed by atoms with Crippen molar-refractivity contribution in [3.8, 4) is 5.75 Å². The maximum atomic E-state index is 11.1. The molecule has 0 fully saturated rings. The van der Waals surface area contributed by atoms with Crippen LogP contribution in [0.15, 0.2) is 65.2 Å². The maximum Gasteiger partial charge on any atom is 0.335 e. The average molecular weight is 492 g/mol. The highest BCUT2D eigenvalue weighted by Gasteiger charge is 2.03. The van der Waals surface area contributed by atoms with Crippen LogP contribution in [0.5, 0.6) is 5.75 Å². The number of nitrogens with two attached hydrogens (primary N) is 1. The third kappa shape index (κ3) is 12.5. The number of hydrogen-bond acceptors (Lipinski definition) is 5. The van der Waals surface area contributed by atoms with Gasteiger partial charge in [0.1, 0.15) is 5.75 Å². The van der Waals surface area contributed by atoms with Crippen LogP contribution in [0.3, 0.4) is 0 Å². The molecule has 3 N–H and O–H groups in total. The van der Waals surface area contributed by atoms with E-state index in [2.05, 4.69) is 22.5 Å². The van der Waals surface area contributed by atoms with E-state index in [-0.39, 0.29) is 11.5 Å². The third-order valence-electron chi connectivity index (χ3n) is 4.11. The Morgan fingerprint density at radius 1 is 0.935 bits per heavy atom. The van der Waals surface area contributed by atoms with Crippen molar-refractivity contribution in [2.75, 3.05) is 18.9 Å².